The van der Waals surface area contributed by atoms with Gasteiger partial charge in [-0.3, -0.25) is 4.99 Å². The molecule has 2 rings (SSSR count). The molecule has 0 aromatic rings. The Kier molecular flexibility index (Phi) is 6.08. The van der Waals surface area contributed by atoms with Gasteiger partial charge in [0.05, 0.1) is 17.1 Å². The van der Waals surface area contributed by atoms with Crippen molar-refractivity contribution in [1.82, 2.24) is 10.6 Å². The molecule has 6 nitrogen and oxygen atoms in total. The molecule has 2 fully saturated rings. The molecule has 0 aromatic heterocycles. The van der Waals surface area contributed by atoms with E-state index in [0.29, 0.717) is 31.3 Å². The fourth-order valence-electron chi connectivity index (χ4n) is 3.11. The number of guanidine groups is 1. The van der Waals surface area contributed by atoms with Gasteiger partial charge in [-0.15, -0.1) is 6.58 Å². The summed E-state index contributed by atoms with van der Waals surface area (Å²) in [4.78, 5) is 4.59. The van der Waals surface area contributed by atoms with Crippen molar-refractivity contribution < 1.29 is 13.2 Å². The number of sulfone groups is 1. The van der Waals surface area contributed by atoms with Crippen molar-refractivity contribution in [3.05, 3.63) is 12.7 Å². The van der Waals surface area contributed by atoms with E-state index in [4.69, 9.17) is 4.74 Å². The van der Waals surface area contributed by atoms with Crippen LogP contribution in [0.1, 0.15) is 33.1 Å². The van der Waals surface area contributed by atoms with Crippen molar-refractivity contribution in [1.29, 1.82) is 0 Å². The quantitative estimate of drug-likeness (QED) is 0.444. The molecule has 2 saturated heterocycles. The Morgan fingerprint density at radius 1 is 1.43 bits per heavy atom. The van der Waals surface area contributed by atoms with Gasteiger partial charge in [-0.05, 0) is 39.0 Å². The van der Waals surface area contributed by atoms with Crippen LogP contribution in [0.5, 0.6) is 0 Å². The zero-order valence-corrected chi connectivity index (χ0v) is 15.0. The third kappa shape index (κ3) is 6.14. The average molecular weight is 343 g/mol. The van der Waals surface area contributed by atoms with Gasteiger partial charge in [-0.1, -0.05) is 6.08 Å². The second kappa shape index (κ2) is 7.66. The normalized spacial score (nSPS) is 29.9. The summed E-state index contributed by atoms with van der Waals surface area (Å²) in [5.41, 5.74) is -0.126. The topological polar surface area (TPSA) is 79.8 Å². The Morgan fingerprint density at radius 3 is 2.83 bits per heavy atom. The lowest BCUT2D eigenvalue weighted by Gasteiger charge is -2.36. The second-order valence-corrected chi connectivity index (χ2v) is 9.30. The Morgan fingerprint density at radius 2 is 2.22 bits per heavy atom. The van der Waals surface area contributed by atoms with Gasteiger partial charge in [0.15, 0.2) is 15.8 Å². The average Bonchev–Trinajstić information content (AvgIpc) is 2.80. The summed E-state index contributed by atoms with van der Waals surface area (Å²) in [6.07, 6.45) is 4.35. The van der Waals surface area contributed by atoms with Gasteiger partial charge in [0.1, 0.15) is 0 Å². The summed E-state index contributed by atoms with van der Waals surface area (Å²) >= 11 is 0. The molecule has 0 amide bonds. The van der Waals surface area contributed by atoms with E-state index in [-0.39, 0.29) is 17.3 Å². The predicted molar refractivity (Wildman–Crippen MR) is 93.5 cm³/mol. The Hall–Kier alpha value is -1.08. The van der Waals surface area contributed by atoms with Crippen LogP contribution in [0.2, 0.25) is 0 Å². The first-order valence-corrected chi connectivity index (χ1v) is 10.1. The maximum Gasteiger partial charge on any atom is 0.191 e. The van der Waals surface area contributed by atoms with E-state index in [1.165, 1.54) is 0 Å². The largest absolute Gasteiger partial charge is 0.375 e. The van der Waals surface area contributed by atoms with E-state index < -0.39 is 9.84 Å². The number of hydrogen-bond acceptors (Lipinski definition) is 4. The highest BCUT2D eigenvalue weighted by atomic mass is 32.2. The molecular formula is C16H29N3O3S. The third-order valence-electron chi connectivity index (χ3n) is 4.29. The van der Waals surface area contributed by atoms with Crippen LogP contribution in [0.3, 0.4) is 0 Å². The molecule has 0 radical (unpaired) electrons. The number of nitrogens with one attached hydrogen (secondary N) is 2. The van der Waals surface area contributed by atoms with Gasteiger partial charge in [0.25, 0.3) is 0 Å². The number of ether oxygens (including phenoxy) is 1. The zero-order chi connectivity index (χ0) is 16.9. The van der Waals surface area contributed by atoms with Crippen molar-refractivity contribution in [3.63, 3.8) is 0 Å². The molecule has 2 aliphatic rings. The van der Waals surface area contributed by atoms with Crippen LogP contribution in [0, 0.1) is 5.92 Å². The minimum absolute atomic E-state index is 0.126. The van der Waals surface area contributed by atoms with E-state index in [1.807, 2.05) is 0 Å². The van der Waals surface area contributed by atoms with Gasteiger partial charge < -0.3 is 15.4 Å². The van der Waals surface area contributed by atoms with Crippen LogP contribution >= 0.6 is 0 Å². The SMILES string of the molecule is C=CCNC(=NCC1CCS(=O)(=O)C1)NC1CCOC(C)(C)C1. The van der Waals surface area contributed by atoms with Gasteiger partial charge in [0, 0.05) is 25.7 Å². The van der Waals surface area contributed by atoms with E-state index in [1.54, 1.807) is 6.08 Å². The standard InChI is InChI=1S/C16H29N3O3S/c1-4-7-17-15(18-11-13-6-9-23(20,21)12-13)19-14-5-8-22-16(2,3)10-14/h4,13-14H,1,5-12H2,2-3H3,(H2,17,18,19). The van der Waals surface area contributed by atoms with E-state index >= 15 is 0 Å². The zero-order valence-electron chi connectivity index (χ0n) is 14.2. The van der Waals surface area contributed by atoms with Crippen molar-refractivity contribution in [2.45, 2.75) is 44.8 Å². The van der Waals surface area contributed by atoms with Crippen LogP contribution in [0.4, 0.5) is 0 Å². The van der Waals surface area contributed by atoms with E-state index in [2.05, 4.69) is 36.1 Å². The van der Waals surface area contributed by atoms with Crippen LogP contribution in [0.25, 0.3) is 0 Å². The van der Waals surface area contributed by atoms with Crippen LogP contribution in [0.15, 0.2) is 17.6 Å². The van der Waals surface area contributed by atoms with Gasteiger partial charge in [-0.25, -0.2) is 8.42 Å². The number of rotatable bonds is 5. The van der Waals surface area contributed by atoms with Crippen LogP contribution in [-0.2, 0) is 14.6 Å². The summed E-state index contributed by atoms with van der Waals surface area (Å²) in [7, 11) is -2.85. The Labute approximate surface area is 139 Å². The minimum atomic E-state index is -2.85. The Balaban J connectivity index is 1.93. The van der Waals surface area contributed by atoms with Crippen molar-refractivity contribution in [2.24, 2.45) is 10.9 Å². The van der Waals surface area contributed by atoms with Crippen LogP contribution in [-0.4, -0.2) is 57.2 Å². The molecular weight excluding hydrogens is 314 g/mol. The summed E-state index contributed by atoms with van der Waals surface area (Å²) in [5, 5.41) is 6.67. The first-order valence-electron chi connectivity index (χ1n) is 8.30. The fourth-order valence-corrected chi connectivity index (χ4v) is 4.96. The Bertz CT molecular complexity index is 543. The lowest BCUT2D eigenvalue weighted by Crippen LogP contribution is -2.49. The molecule has 132 valence electrons. The molecule has 2 unspecified atom stereocenters. The van der Waals surface area contributed by atoms with E-state index in [0.717, 1.165) is 25.4 Å². The minimum Gasteiger partial charge on any atom is -0.375 e. The highest BCUT2D eigenvalue weighted by Crippen LogP contribution is 2.24. The first-order chi connectivity index (χ1) is 10.8. The highest BCUT2D eigenvalue weighted by Gasteiger charge is 2.30. The fraction of sp³-hybridized carbons (Fsp3) is 0.812. The number of hydrogen-bond donors (Lipinski definition) is 2. The van der Waals surface area contributed by atoms with Gasteiger partial charge in [0.2, 0.25) is 0 Å². The highest BCUT2D eigenvalue weighted by molar-refractivity contribution is 7.91. The molecule has 0 spiro atoms. The van der Waals surface area contributed by atoms with Crippen molar-refractivity contribution in [2.75, 3.05) is 31.2 Å². The number of nitrogens with zero attached hydrogens (tertiary/aromatic N) is 1. The maximum atomic E-state index is 11.5. The molecule has 2 heterocycles. The smallest absolute Gasteiger partial charge is 0.191 e. The summed E-state index contributed by atoms with van der Waals surface area (Å²) in [6, 6.07) is 0.308. The number of aliphatic imine (C=N–C) groups is 1. The molecule has 2 N–H and O–H groups in total. The summed E-state index contributed by atoms with van der Waals surface area (Å²) in [5.74, 6) is 1.42. The molecule has 7 heteroatoms. The molecule has 23 heavy (non-hydrogen) atoms. The van der Waals surface area contributed by atoms with E-state index in [9.17, 15) is 8.42 Å². The third-order valence-corrected chi connectivity index (χ3v) is 6.12. The molecule has 2 aliphatic heterocycles. The molecule has 0 bridgehead atoms. The summed E-state index contributed by atoms with van der Waals surface area (Å²) in [6.45, 7) is 9.81. The lowest BCUT2D eigenvalue weighted by atomic mass is 9.94. The predicted octanol–water partition coefficient (Wildman–Crippen LogP) is 1.10. The van der Waals surface area contributed by atoms with Crippen molar-refractivity contribution in [3.8, 4) is 0 Å². The molecule has 0 saturated carbocycles. The molecule has 0 aromatic carbocycles. The van der Waals surface area contributed by atoms with Crippen molar-refractivity contribution >= 4 is 15.8 Å². The second-order valence-electron chi connectivity index (χ2n) is 7.07. The van der Waals surface area contributed by atoms with Gasteiger partial charge >= 0.3 is 0 Å². The first kappa shape index (κ1) is 18.3. The summed E-state index contributed by atoms with van der Waals surface area (Å²) < 4.78 is 28.8. The molecule has 0 aliphatic carbocycles. The van der Waals surface area contributed by atoms with Crippen LogP contribution < -0.4 is 10.6 Å². The molecule has 2 atom stereocenters. The van der Waals surface area contributed by atoms with Gasteiger partial charge in [-0.2, -0.15) is 0 Å². The maximum absolute atomic E-state index is 11.5. The monoisotopic (exact) mass is 343 g/mol. The lowest BCUT2D eigenvalue weighted by molar-refractivity contribution is -0.0605.